The monoisotopic (exact) mass is 180 g/mol. The molecule has 3 N–H and O–H groups in total. The third-order valence-corrected chi connectivity index (χ3v) is 1.84. The van der Waals surface area contributed by atoms with E-state index in [9.17, 15) is 4.79 Å². The average Bonchev–Trinajstić information content (AvgIpc) is 2.03. The van der Waals surface area contributed by atoms with Crippen molar-refractivity contribution in [3.63, 3.8) is 0 Å². The molecule has 1 aromatic rings. The number of hydrogen-bond acceptors (Lipinski definition) is 3. The summed E-state index contributed by atoms with van der Waals surface area (Å²) in [6, 6.07) is 3.09. The standard InChI is InChI=1S/C9H12N2O2/c1-6-7(3-2-4-11-6)8(10)5-9(12)13/h2-4,8H,5,10H2,1H3,(H,12,13)/t8-/m0/s1. The highest BCUT2D eigenvalue weighted by atomic mass is 16.4. The lowest BCUT2D eigenvalue weighted by atomic mass is 10.0. The molecule has 1 atom stereocenters. The Balaban J connectivity index is 2.82. The zero-order valence-corrected chi connectivity index (χ0v) is 7.40. The first-order valence-electron chi connectivity index (χ1n) is 4.00. The zero-order valence-electron chi connectivity index (χ0n) is 7.40. The number of nitrogens with two attached hydrogens (primary N) is 1. The molecule has 0 unspecified atom stereocenters. The van der Waals surface area contributed by atoms with Crippen molar-refractivity contribution in [3.05, 3.63) is 29.6 Å². The summed E-state index contributed by atoms with van der Waals surface area (Å²) < 4.78 is 0. The minimum atomic E-state index is -0.893. The van der Waals surface area contributed by atoms with Crippen molar-refractivity contribution >= 4 is 5.97 Å². The first-order chi connectivity index (χ1) is 6.11. The number of nitrogens with zero attached hydrogens (tertiary/aromatic N) is 1. The summed E-state index contributed by atoms with van der Waals surface area (Å²) in [5, 5.41) is 8.54. The number of carboxylic acid groups (broad SMARTS) is 1. The summed E-state index contributed by atoms with van der Waals surface area (Å²) in [6.45, 7) is 1.82. The van der Waals surface area contributed by atoms with E-state index in [4.69, 9.17) is 10.8 Å². The largest absolute Gasteiger partial charge is 0.481 e. The van der Waals surface area contributed by atoms with Gasteiger partial charge >= 0.3 is 5.97 Å². The number of aliphatic carboxylic acids is 1. The van der Waals surface area contributed by atoms with E-state index in [0.29, 0.717) is 0 Å². The summed E-state index contributed by atoms with van der Waals surface area (Å²) in [5.41, 5.74) is 7.26. The van der Waals surface area contributed by atoms with Gasteiger partial charge in [0.15, 0.2) is 0 Å². The van der Waals surface area contributed by atoms with Crippen LogP contribution >= 0.6 is 0 Å². The second-order valence-corrected chi connectivity index (χ2v) is 2.88. The highest BCUT2D eigenvalue weighted by Gasteiger charge is 2.12. The maximum absolute atomic E-state index is 10.4. The van der Waals surface area contributed by atoms with Gasteiger partial charge in [-0.15, -0.1) is 0 Å². The highest BCUT2D eigenvalue weighted by molar-refractivity contribution is 5.67. The molecule has 0 fully saturated rings. The third kappa shape index (κ3) is 2.52. The quantitative estimate of drug-likeness (QED) is 0.723. The molecule has 1 heterocycles. The highest BCUT2D eigenvalue weighted by Crippen LogP contribution is 2.15. The van der Waals surface area contributed by atoms with E-state index in [0.717, 1.165) is 11.3 Å². The number of hydrogen-bond donors (Lipinski definition) is 2. The maximum atomic E-state index is 10.4. The van der Waals surface area contributed by atoms with Crippen molar-refractivity contribution in [1.82, 2.24) is 4.98 Å². The van der Waals surface area contributed by atoms with Crippen LogP contribution < -0.4 is 5.73 Å². The number of carbonyl (C=O) groups is 1. The molecule has 0 aliphatic heterocycles. The SMILES string of the molecule is Cc1ncccc1[C@@H](N)CC(=O)O. The molecule has 0 spiro atoms. The van der Waals surface area contributed by atoms with Gasteiger partial charge in [-0.05, 0) is 18.6 Å². The van der Waals surface area contributed by atoms with Gasteiger partial charge in [0.2, 0.25) is 0 Å². The van der Waals surface area contributed by atoms with E-state index < -0.39 is 12.0 Å². The van der Waals surface area contributed by atoms with Crippen molar-refractivity contribution in [3.8, 4) is 0 Å². The number of pyridine rings is 1. The van der Waals surface area contributed by atoms with E-state index in [1.54, 1.807) is 18.3 Å². The van der Waals surface area contributed by atoms with Crippen LogP contribution in [0.25, 0.3) is 0 Å². The van der Waals surface area contributed by atoms with Crippen LogP contribution in [0.15, 0.2) is 18.3 Å². The number of carboxylic acids is 1. The van der Waals surface area contributed by atoms with Gasteiger partial charge in [0, 0.05) is 17.9 Å². The summed E-state index contributed by atoms with van der Waals surface area (Å²) >= 11 is 0. The van der Waals surface area contributed by atoms with Gasteiger partial charge < -0.3 is 10.8 Å². The number of aromatic nitrogens is 1. The van der Waals surface area contributed by atoms with Crippen LogP contribution in [-0.2, 0) is 4.79 Å². The van der Waals surface area contributed by atoms with Crippen molar-refractivity contribution in [2.45, 2.75) is 19.4 Å². The van der Waals surface area contributed by atoms with Crippen molar-refractivity contribution in [2.24, 2.45) is 5.73 Å². The molecule has 70 valence electrons. The second-order valence-electron chi connectivity index (χ2n) is 2.88. The topological polar surface area (TPSA) is 76.2 Å². The lowest BCUT2D eigenvalue weighted by Crippen LogP contribution is -2.16. The van der Waals surface area contributed by atoms with Gasteiger partial charge in [-0.1, -0.05) is 6.07 Å². The molecule has 0 aromatic carbocycles. The Bertz CT molecular complexity index is 312. The van der Waals surface area contributed by atoms with Gasteiger partial charge in [-0.3, -0.25) is 9.78 Å². The molecule has 0 amide bonds. The first-order valence-corrected chi connectivity index (χ1v) is 4.00. The van der Waals surface area contributed by atoms with Crippen molar-refractivity contribution in [1.29, 1.82) is 0 Å². The molecular formula is C9H12N2O2. The Labute approximate surface area is 76.4 Å². The predicted molar refractivity (Wildman–Crippen MR) is 48.2 cm³/mol. The van der Waals surface area contributed by atoms with Gasteiger partial charge in [-0.25, -0.2) is 0 Å². The number of aryl methyl sites for hydroxylation is 1. The number of rotatable bonds is 3. The summed E-state index contributed by atoms with van der Waals surface area (Å²) in [6.07, 6.45) is 1.60. The van der Waals surface area contributed by atoms with Gasteiger partial charge in [0.25, 0.3) is 0 Å². The van der Waals surface area contributed by atoms with Crippen LogP contribution in [-0.4, -0.2) is 16.1 Å². The predicted octanol–water partition coefficient (Wildman–Crippen LogP) is 0.865. The fourth-order valence-electron chi connectivity index (χ4n) is 1.19. The maximum Gasteiger partial charge on any atom is 0.305 e. The molecular weight excluding hydrogens is 168 g/mol. The molecule has 4 nitrogen and oxygen atoms in total. The summed E-state index contributed by atoms with van der Waals surface area (Å²) in [5.74, 6) is -0.893. The summed E-state index contributed by atoms with van der Waals surface area (Å²) in [7, 11) is 0. The fourth-order valence-corrected chi connectivity index (χ4v) is 1.19. The van der Waals surface area contributed by atoms with Crippen LogP contribution in [0.2, 0.25) is 0 Å². The minimum absolute atomic E-state index is 0.0630. The fraction of sp³-hybridized carbons (Fsp3) is 0.333. The zero-order chi connectivity index (χ0) is 9.84. The smallest absolute Gasteiger partial charge is 0.305 e. The van der Waals surface area contributed by atoms with Crippen LogP contribution in [0.1, 0.15) is 23.7 Å². The Morgan fingerprint density at radius 3 is 3.00 bits per heavy atom. The first kappa shape index (κ1) is 9.67. The molecule has 4 heteroatoms. The molecule has 0 radical (unpaired) electrons. The van der Waals surface area contributed by atoms with Gasteiger partial charge in [0.1, 0.15) is 0 Å². The van der Waals surface area contributed by atoms with E-state index in [1.165, 1.54) is 0 Å². The Kier molecular flexibility index (Phi) is 2.97. The van der Waals surface area contributed by atoms with E-state index >= 15 is 0 Å². The molecule has 0 aliphatic rings. The molecule has 0 bridgehead atoms. The Morgan fingerprint density at radius 1 is 1.77 bits per heavy atom. The second kappa shape index (κ2) is 4.00. The normalized spacial score (nSPS) is 12.5. The van der Waals surface area contributed by atoms with Gasteiger partial charge in [0.05, 0.1) is 6.42 Å². The molecule has 1 aromatic heterocycles. The van der Waals surface area contributed by atoms with Crippen LogP contribution in [0, 0.1) is 6.92 Å². The molecule has 0 saturated carbocycles. The van der Waals surface area contributed by atoms with E-state index in [2.05, 4.69) is 4.98 Å². The lowest BCUT2D eigenvalue weighted by Gasteiger charge is -2.10. The lowest BCUT2D eigenvalue weighted by molar-refractivity contribution is -0.137. The molecule has 1 rings (SSSR count). The third-order valence-electron chi connectivity index (χ3n) is 1.84. The Morgan fingerprint density at radius 2 is 2.46 bits per heavy atom. The average molecular weight is 180 g/mol. The summed E-state index contributed by atoms with van der Waals surface area (Å²) in [4.78, 5) is 14.4. The van der Waals surface area contributed by atoms with Crippen molar-refractivity contribution in [2.75, 3.05) is 0 Å². The van der Waals surface area contributed by atoms with Crippen LogP contribution in [0.5, 0.6) is 0 Å². The Hall–Kier alpha value is -1.42. The van der Waals surface area contributed by atoms with Crippen molar-refractivity contribution < 1.29 is 9.90 Å². The van der Waals surface area contributed by atoms with Crippen LogP contribution in [0.3, 0.4) is 0 Å². The van der Waals surface area contributed by atoms with E-state index in [1.807, 2.05) is 6.92 Å². The minimum Gasteiger partial charge on any atom is -0.481 e. The van der Waals surface area contributed by atoms with E-state index in [-0.39, 0.29) is 6.42 Å². The molecule has 0 aliphatic carbocycles. The molecule has 13 heavy (non-hydrogen) atoms. The molecule has 0 saturated heterocycles. The van der Waals surface area contributed by atoms with Gasteiger partial charge in [-0.2, -0.15) is 0 Å². The van der Waals surface area contributed by atoms with Crippen LogP contribution in [0.4, 0.5) is 0 Å².